The Balaban J connectivity index is 1.25. The summed E-state index contributed by atoms with van der Waals surface area (Å²) in [6.45, 7) is 0.396. The average Bonchev–Trinajstić information content (AvgIpc) is 3.27. The van der Waals surface area contributed by atoms with Crippen LogP contribution in [0.4, 0.5) is 10.4 Å². The summed E-state index contributed by atoms with van der Waals surface area (Å²) in [7, 11) is -3.72. The molecule has 1 amide bonds. The maximum absolute atomic E-state index is 13.1. The van der Waals surface area contributed by atoms with Crippen molar-refractivity contribution in [1.82, 2.24) is 14.5 Å². The third-order valence-corrected chi connectivity index (χ3v) is 8.23. The van der Waals surface area contributed by atoms with Crippen LogP contribution < -0.4 is 5.32 Å². The molecule has 0 atom stereocenters. The molecule has 1 aromatic heterocycles. The number of amides is 1. The Morgan fingerprint density at radius 3 is 2.48 bits per heavy atom. The molecule has 2 aromatic carbocycles. The number of rotatable bonds is 8. The monoisotopic (exact) mass is 490 g/mol. The molecule has 33 heavy (non-hydrogen) atoms. The Morgan fingerprint density at radius 2 is 1.79 bits per heavy atom. The SMILES string of the molecule is O=C(Nc1nnc(CCSc2ccccc2)o1)C1CCN(S(=O)(=O)c2ccc(F)cc2)CC1. The Kier molecular flexibility index (Phi) is 7.41. The van der Waals surface area contributed by atoms with Crippen LogP contribution in [0.15, 0.2) is 68.8 Å². The van der Waals surface area contributed by atoms with Gasteiger partial charge >= 0.3 is 6.01 Å². The topological polar surface area (TPSA) is 105 Å². The molecule has 1 fully saturated rings. The van der Waals surface area contributed by atoms with Gasteiger partial charge in [0.2, 0.25) is 21.8 Å². The van der Waals surface area contributed by atoms with E-state index in [9.17, 15) is 17.6 Å². The zero-order chi connectivity index (χ0) is 23.3. The summed E-state index contributed by atoms with van der Waals surface area (Å²) in [5, 5.41) is 10.5. The van der Waals surface area contributed by atoms with Crippen LogP contribution in [0.1, 0.15) is 18.7 Å². The van der Waals surface area contributed by atoms with Crippen LogP contribution in [0.3, 0.4) is 0 Å². The number of anilines is 1. The Labute approximate surface area is 195 Å². The second-order valence-corrected chi connectivity index (χ2v) is 10.6. The van der Waals surface area contributed by atoms with Crippen molar-refractivity contribution in [3.63, 3.8) is 0 Å². The third kappa shape index (κ3) is 5.98. The van der Waals surface area contributed by atoms with Gasteiger partial charge in [0.25, 0.3) is 0 Å². The standard InChI is InChI=1S/C22H23FN4O4S2/c23-17-6-8-19(9-7-17)33(29,30)27-13-10-16(11-14-27)21(28)24-22-26-25-20(31-22)12-15-32-18-4-2-1-3-5-18/h1-9,16H,10-15H2,(H,24,26,28). The van der Waals surface area contributed by atoms with Gasteiger partial charge in [0.15, 0.2) is 0 Å². The molecule has 2 heterocycles. The fourth-order valence-electron chi connectivity index (χ4n) is 3.50. The van der Waals surface area contributed by atoms with E-state index in [0.717, 1.165) is 22.8 Å². The molecule has 1 aliphatic heterocycles. The smallest absolute Gasteiger partial charge is 0.322 e. The van der Waals surface area contributed by atoms with E-state index in [4.69, 9.17) is 4.42 Å². The highest BCUT2D eigenvalue weighted by atomic mass is 32.2. The van der Waals surface area contributed by atoms with E-state index in [-0.39, 0.29) is 35.8 Å². The van der Waals surface area contributed by atoms with Crippen LogP contribution in [-0.2, 0) is 21.2 Å². The van der Waals surface area contributed by atoms with Gasteiger partial charge in [-0.1, -0.05) is 23.3 Å². The van der Waals surface area contributed by atoms with Crippen LogP contribution in [0, 0.1) is 11.7 Å². The lowest BCUT2D eigenvalue weighted by atomic mass is 9.97. The molecule has 1 aliphatic rings. The summed E-state index contributed by atoms with van der Waals surface area (Å²) in [6.07, 6.45) is 1.30. The van der Waals surface area contributed by atoms with Crippen molar-refractivity contribution < 1.29 is 22.0 Å². The summed E-state index contributed by atoms with van der Waals surface area (Å²) in [5.41, 5.74) is 0. The van der Waals surface area contributed by atoms with Gasteiger partial charge < -0.3 is 4.42 Å². The minimum atomic E-state index is -3.72. The molecular formula is C22H23FN4O4S2. The van der Waals surface area contributed by atoms with Crippen molar-refractivity contribution in [2.75, 3.05) is 24.2 Å². The van der Waals surface area contributed by atoms with Gasteiger partial charge in [-0.05, 0) is 49.2 Å². The molecule has 0 saturated carbocycles. The van der Waals surface area contributed by atoms with E-state index in [2.05, 4.69) is 15.5 Å². The highest BCUT2D eigenvalue weighted by molar-refractivity contribution is 7.99. The summed E-state index contributed by atoms with van der Waals surface area (Å²) in [6, 6.07) is 14.7. The summed E-state index contributed by atoms with van der Waals surface area (Å²) in [4.78, 5) is 13.8. The van der Waals surface area contributed by atoms with Crippen LogP contribution >= 0.6 is 11.8 Å². The molecule has 4 rings (SSSR count). The minimum absolute atomic E-state index is 0.0376. The quantitative estimate of drug-likeness (QED) is 0.481. The highest BCUT2D eigenvalue weighted by Gasteiger charge is 2.32. The van der Waals surface area contributed by atoms with Gasteiger partial charge in [0, 0.05) is 36.1 Å². The summed E-state index contributed by atoms with van der Waals surface area (Å²) < 4.78 is 45.4. The van der Waals surface area contributed by atoms with E-state index in [1.165, 1.54) is 16.4 Å². The third-order valence-electron chi connectivity index (χ3n) is 5.30. The predicted molar refractivity (Wildman–Crippen MR) is 122 cm³/mol. The molecule has 3 aromatic rings. The zero-order valence-electron chi connectivity index (χ0n) is 17.7. The molecule has 0 aliphatic carbocycles. The van der Waals surface area contributed by atoms with Gasteiger partial charge in [0.05, 0.1) is 4.90 Å². The number of thioether (sulfide) groups is 1. The first-order valence-electron chi connectivity index (χ1n) is 10.5. The summed E-state index contributed by atoms with van der Waals surface area (Å²) >= 11 is 1.67. The number of nitrogens with zero attached hydrogens (tertiary/aromatic N) is 3. The lowest BCUT2D eigenvalue weighted by molar-refractivity contribution is -0.121. The number of aryl methyl sites for hydroxylation is 1. The number of hydrogen-bond acceptors (Lipinski definition) is 7. The van der Waals surface area contributed by atoms with Gasteiger partial charge in [0.1, 0.15) is 5.82 Å². The largest absolute Gasteiger partial charge is 0.408 e. The molecule has 0 unspecified atom stereocenters. The normalized spacial score (nSPS) is 15.4. The highest BCUT2D eigenvalue weighted by Crippen LogP contribution is 2.25. The molecule has 174 valence electrons. The van der Waals surface area contributed by atoms with Crippen molar-refractivity contribution in [1.29, 1.82) is 0 Å². The van der Waals surface area contributed by atoms with Gasteiger partial charge in [-0.25, -0.2) is 12.8 Å². The van der Waals surface area contributed by atoms with Crippen molar-refractivity contribution in [2.45, 2.75) is 29.1 Å². The fraction of sp³-hybridized carbons (Fsp3) is 0.318. The van der Waals surface area contributed by atoms with Crippen LogP contribution in [0.2, 0.25) is 0 Å². The molecule has 1 saturated heterocycles. The van der Waals surface area contributed by atoms with Crippen molar-refractivity contribution in [3.05, 3.63) is 66.3 Å². The van der Waals surface area contributed by atoms with E-state index in [1.807, 2.05) is 30.3 Å². The average molecular weight is 491 g/mol. The zero-order valence-corrected chi connectivity index (χ0v) is 19.3. The number of halogens is 1. The lowest BCUT2D eigenvalue weighted by Gasteiger charge is -2.30. The van der Waals surface area contributed by atoms with Crippen LogP contribution in [0.5, 0.6) is 0 Å². The van der Waals surface area contributed by atoms with E-state index in [1.54, 1.807) is 11.8 Å². The first-order valence-corrected chi connectivity index (χ1v) is 12.9. The Bertz CT molecular complexity index is 1180. The number of nitrogens with one attached hydrogen (secondary N) is 1. The lowest BCUT2D eigenvalue weighted by Crippen LogP contribution is -2.41. The molecule has 0 spiro atoms. The molecular weight excluding hydrogens is 467 g/mol. The molecule has 0 radical (unpaired) electrons. The Morgan fingerprint density at radius 1 is 1.09 bits per heavy atom. The number of benzene rings is 2. The number of aromatic nitrogens is 2. The second kappa shape index (κ2) is 10.4. The molecule has 1 N–H and O–H groups in total. The number of carbonyl (C=O) groups excluding carboxylic acids is 1. The van der Waals surface area contributed by atoms with Crippen molar-refractivity contribution >= 4 is 33.7 Å². The van der Waals surface area contributed by atoms with Crippen molar-refractivity contribution in [2.24, 2.45) is 5.92 Å². The molecule has 11 heteroatoms. The molecule has 8 nitrogen and oxygen atoms in total. The Hall–Kier alpha value is -2.76. The first-order chi connectivity index (χ1) is 15.9. The predicted octanol–water partition coefficient (Wildman–Crippen LogP) is 3.58. The molecule has 0 bridgehead atoms. The maximum Gasteiger partial charge on any atom is 0.322 e. The van der Waals surface area contributed by atoms with E-state index < -0.39 is 15.8 Å². The number of piperidine rings is 1. The fourth-order valence-corrected chi connectivity index (χ4v) is 5.83. The van der Waals surface area contributed by atoms with Crippen molar-refractivity contribution in [3.8, 4) is 0 Å². The number of hydrogen-bond donors (Lipinski definition) is 1. The number of carbonyl (C=O) groups is 1. The summed E-state index contributed by atoms with van der Waals surface area (Å²) in [5.74, 6) is 0.0642. The maximum atomic E-state index is 13.1. The second-order valence-electron chi connectivity index (χ2n) is 7.53. The minimum Gasteiger partial charge on any atom is -0.408 e. The van der Waals surface area contributed by atoms with Gasteiger partial charge in [-0.3, -0.25) is 10.1 Å². The first kappa shape index (κ1) is 23.4. The van der Waals surface area contributed by atoms with Gasteiger partial charge in [-0.2, -0.15) is 4.31 Å². The van der Waals surface area contributed by atoms with Crippen LogP contribution in [0.25, 0.3) is 0 Å². The van der Waals surface area contributed by atoms with Crippen LogP contribution in [-0.4, -0.2) is 47.7 Å². The number of sulfonamides is 1. The van der Waals surface area contributed by atoms with E-state index >= 15 is 0 Å². The van der Waals surface area contributed by atoms with E-state index in [0.29, 0.717) is 25.2 Å². The van der Waals surface area contributed by atoms with Gasteiger partial charge in [-0.15, -0.1) is 16.9 Å².